The van der Waals surface area contributed by atoms with Gasteiger partial charge in [-0.15, -0.1) is 0 Å². The van der Waals surface area contributed by atoms with Gasteiger partial charge in [-0.25, -0.2) is 0 Å². The van der Waals surface area contributed by atoms with Gasteiger partial charge in [-0.3, -0.25) is 4.68 Å². The minimum atomic E-state index is 0.268. The van der Waals surface area contributed by atoms with Gasteiger partial charge in [-0.2, -0.15) is 5.10 Å². The van der Waals surface area contributed by atoms with E-state index in [-0.39, 0.29) is 6.04 Å². The van der Waals surface area contributed by atoms with Crippen molar-refractivity contribution in [3.05, 3.63) is 15.9 Å². The largest absolute Gasteiger partial charge is 0.327 e. The molecular formula is C17H30BrN3. The Kier molecular flexibility index (Phi) is 6.30. The van der Waals surface area contributed by atoms with Crippen LogP contribution in [0.4, 0.5) is 0 Å². The van der Waals surface area contributed by atoms with Gasteiger partial charge in [0.15, 0.2) is 0 Å². The van der Waals surface area contributed by atoms with E-state index in [9.17, 15) is 0 Å². The molecule has 1 atom stereocenters. The molecule has 1 aromatic heterocycles. The molecule has 2 N–H and O–H groups in total. The van der Waals surface area contributed by atoms with Crippen LogP contribution >= 0.6 is 15.9 Å². The van der Waals surface area contributed by atoms with Crippen molar-refractivity contribution in [2.45, 2.75) is 71.3 Å². The predicted octanol–water partition coefficient (Wildman–Crippen LogP) is 4.22. The Morgan fingerprint density at radius 3 is 2.48 bits per heavy atom. The molecule has 0 aromatic carbocycles. The second-order valence-corrected chi connectivity index (χ2v) is 7.41. The molecule has 1 aliphatic rings. The number of hydrogen-bond donors (Lipinski definition) is 1. The Morgan fingerprint density at radius 2 is 1.95 bits per heavy atom. The summed E-state index contributed by atoms with van der Waals surface area (Å²) in [6.07, 6.45) is 9.99. The van der Waals surface area contributed by atoms with Crippen LogP contribution in [0.2, 0.25) is 0 Å². The molecule has 1 fully saturated rings. The van der Waals surface area contributed by atoms with Crippen LogP contribution in [0.5, 0.6) is 0 Å². The van der Waals surface area contributed by atoms with Crippen LogP contribution in [0.1, 0.15) is 63.8 Å². The maximum absolute atomic E-state index is 6.53. The van der Waals surface area contributed by atoms with Crippen LogP contribution in [0.3, 0.4) is 0 Å². The van der Waals surface area contributed by atoms with Crippen molar-refractivity contribution in [2.75, 3.05) is 0 Å². The fraction of sp³-hybridized carbons (Fsp3) is 0.824. The van der Waals surface area contributed by atoms with E-state index >= 15 is 0 Å². The SMILES string of the molecule is CCCC1CCC(C(N)Cc2c(Br)c(CC)nn2C)CC1. The summed E-state index contributed by atoms with van der Waals surface area (Å²) in [7, 11) is 2.03. The van der Waals surface area contributed by atoms with Crippen molar-refractivity contribution < 1.29 is 0 Å². The maximum atomic E-state index is 6.53. The molecule has 1 heterocycles. The Hall–Kier alpha value is -0.350. The molecule has 3 nitrogen and oxygen atoms in total. The van der Waals surface area contributed by atoms with E-state index in [1.54, 1.807) is 0 Å². The van der Waals surface area contributed by atoms with Crippen molar-refractivity contribution >= 4 is 15.9 Å². The van der Waals surface area contributed by atoms with Crippen molar-refractivity contribution in [3.63, 3.8) is 0 Å². The number of rotatable bonds is 6. The fourth-order valence-electron chi connectivity index (χ4n) is 3.74. The first-order valence-corrected chi connectivity index (χ1v) is 9.31. The second-order valence-electron chi connectivity index (χ2n) is 6.62. The normalized spacial score (nSPS) is 24.2. The molecule has 0 bridgehead atoms. The van der Waals surface area contributed by atoms with Gasteiger partial charge in [0, 0.05) is 19.5 Å². The van der Waals surface area contributed by atoms with Gasteiger partial charge in [0.2, 0.25) is 0 Å². The summed E-state index contributed by atoms with van der Waals surface area (Å²) in [6, 6.07) is 0.268. The van der Waals surface area contributed by atoms with Crippen molar-refractivity contribution in [1.29, 1.82) is 0 Å². The maximum Gasteiger partial charge on any atom is 0.0766 e. The molecule has 1 unspecified atom stereocenters. The molecule has 0 aliphatic heterocycles. The van der Waals surface area contributed by atoms with Gasteiger partial charge in [0.25, 0.3) is 0 Å². The minimum Gasteiger partial charge on any atom is -0.327 e. The average Bonchev–Trinajstić information content (AvgIpc) is 2.75. The molecule has 2 rings (SSSR count). The quantitative estimate of drug-likeness (QED) is 0.829. The number of aryl methyl sites for hydroxylation is 2. The molecule has 0 spiro atoms. The number of hydrogen-bond acceptors (Lipinski definition) is 2. The number of nitrogens with two attached hydrogens (primary N) is 1. The number of nitrogens with zero attached hydrogens (tertiary/aromatic N) is 2. The van der Waals surface area contributed by atoms with Gasteiger partial charge in [0.05, 0.1) is 15.9 Å². The van der Waals surface area contributed by atoms with Gasteiger partial charge >= 0.3 is 0 Å². The van der Waals surface area contributed by atoms with E-state index in [2.05, 4.69) is 34.9 Å². The fourth-order valence-corrected chi connectivity index (χ4v) is 4.52. The lowest BCUT2D eigenvalue weighted by Gasteiger charge is -2.32. The van der Waals surface area contributed by atoms with Crippen LogP contribution in [-0.4, -0.2) is 15.8 Å². The molecule has 1 saturated carbocycles. The topological polar surface area (TPSA) is 43.8 Å². The van der Waals surface area contributed by atoms with Gasteiger partial charge < -0.3 is 5.73 Å². The lowest BCUT2D eigenvalue weighted by molar-refractivity contribution is 0.231. The van der Waals surface area contributed by atoms with Crippen molar-refractivity contribution in [2.24, 2.45) is 24.6 Å². The van der Waals surface area contributed by atoms with Crippen LogP contribution in [0.15, 0.2) is 4.47 Å². The molecule has 1 aliphatic carbocycles. The molecule has 4 heteroatoms. The van der Waals surface area contributed by atoms with Crippen LogP contribution in [0.25, 0.3) is 0 Å². The van der Waals surface area contributed by atoms with E-state index in [0.29, 0.717) is 5.92 Å². The van der Waals surface area contributed by atoms with Crippen molar-refractivity contribution in [3.8, 4) is 0 Å². The van der Waals surface area contributed by atoms with E-state index in [1.165, 1.54) is 48.7 Å². The van der Waals surface area contributed by atoms with Crippen LogP contribution in [-0.2, 0) is 19.9 Å². The van der Waals surface area contributed by atoms with Gasteiger partial charge in [-0.1, -0.05) is 39.5 Å². The molecule has 1 aromatic rings. The van der Waals surface area contributed by atoms with Crippen molar-refractivity contribution in [1.82, 2.24) is 9.78 Å². The molecule has 0 saturated heterocycles. The predicted molar refractivity (Wildman–Crippen MR) is 92.3 cm³/mol. The van der Waals surface area contributed by atoms with Crippen LogP contribution < -0.4 is 5.73 Å². The first-order chi connectivity index (χ1) is 10.1. The van der Waals surface area contributed by atoms with Gasteiger partial charge in [0.1, 0.15) is 0 Å². The summed E-state index contributed by atoms with van der Waals surface area (Å²) in [5.74, 6) is 1.64. The lowest BCUT2D eigenvalue weighted by atomic mass is 9.76. The molecule has 21 heavy (non-hydrogen) atoms. The molecule has 0 amide bonds. The standard InChI is InChI=1S/C17H30BrN3/c1-4-6-12-7-9-13(10-8-12)14(19)11-16-17(18)15(5-2)20-21(16)3/h12-14H,4-11,19H2,1-3H3. The lowest BCUT2D eigenvalue weighted by Crippen LogP contribution is -2.35. The Balaban J connectivity index is 1.93. The highest BCUT2D eigenvalue weighted by Gasteiger charge is 2.26. The first kappa shape index (κ1) is 17.0. The number of aromatic nitrogens is 2. The molecular weight excluding hydrogens is 326 g/mol. The zero-order valence-electron chi connectivity index (χ0n) is 13.7. The first-order valence-electron chi connectivity index (χ1n) is 8.52. The minimum absolute atomic E-state index is 0.268. The third-order valence-corrected chi connectivity index (χ3v) is 6.04. The average molecular weight is 356 g/mol. The Labute approximate surface area is 137 Å². The van der Waals surface area contributed by atoms with Crippen LogP contribution in [0, 0.1) is 11.8 Å². The highest BCUT2D eigenvalue weighted by molar-refractivity contribution is 9.10. The molecule has 0 radical (unpaired) electrons. The van der Waals surface area contributed by atoms with E-state index in [1.807, 2.05) is 11.7 Å². The summed E-state index contributed by atoms with van der Waals surface area (Å²) >= 11 is 3.71. The van der Waals surface area contributed by atoms with Gasteiger partial charge in [-0.05, 0) is 47.0 Å². The summed E-state index contributed by atoms with van der Waals surface area (Å²) in [6.45, 7) is 4.44. The smallest absolute Gasteiger partial charge is 0.0766 e. The van der Waals surface area contributed by atoms with E-state index in [4.69, 9.17) is 5.73 Å². The Bertz CT molecular complexity index is 447. The summed E-state index contributed by atoms with van der Waals surface area (Å²) in [5, 5.41) is 4.58. The highest BCUT2D eigenvalue weighted by Crippen LogP contribution is 2.34. The third-order valence-electron chi connectivity index (χ3n) is 5.13. The Morgan fingerprint density at radius 1 is 1.29 bits per heavy atom. The number of halogens is 1. The monoisotopic (exact) mass is 355 g/mol. The zero-order chi connectivity index (χ0) is 15.4. The summed E-state index contributed by atoms with van der Waals surface area (Å²) in [5.41, 5.74) is 8.93. The summed E-state index contributed by atoms with van der Waals surface area (Å²) in [4.78, 5) is 0. The highest BCUT2D eigenvalue weighted by atomic mass is 79.9. The third kappa shape index (κ3) is 4.10. The van der Waals surface area contributed by atoms with E-state index < -0.39 is 0 Å². The summed E-state index contributed by atoms with van der Waals surface area (Å²) < 4.78 is 3.17. The second kappa shape index (κ2) is 7.77. The molecule has 120 valence electrons. The zero-order valence-corrected chi connectivity index (χ0v) is 15.3. The van der Waals surface area contributed by atoms with E-state index in [0.717, 1.165) is 24.5 Å².